The predicted molar refractivity (Wildman–Crippen MR) is 103 cm³/mol. The van der Waals surface area contributed by atoms with Gasteiger partial charge in [-0.25, -0.2) is 0 Å². The third kappa shape index (κ3) is 3.45. The first-order valence-electron chi connectivity index (χ1n) is 8.80. The number of hydrogen-bond acceptors (Lipinski definition) is 3. The van der Waals surface area contributed by atoms with Crippen molar-refractivity contribution < 1.29 is 4.79 Å². The summed E-state index contributed by atoms with van der Waals surface area (Å²) in [6.45, 7) is 9.21. The molecule has 0 fully saturated rings. The summed E-state index contributed by atoms with van der Waals surface area (Å²) in [5.41, 5.74) is 2.30. The normalized spacial score (nSPS) is 22.2. The number of carbonyl (C=O) groups is 1. The van der Waals surface area contributed by atoms with Crippen LogP contribution in [0.3, 0.4) is 0 Å². The lowest BCUT2D eigenvalue weighted by Gasteiger charge is -2.41. The van der Waals surface area contributed by atoms with Crippen LogP contribution in [0.5, 0.6) is 0 Å². The van der Waals surface area contributed by atoms with E-state index in [1.54, 1.807) is 0 Å². The number of thioether (sulfide) groups is 1. The highest BCUT2D eigenvalue weighted by Gasteiger charge is 2.36. The number of anilines is 1. The highest BCUT2D eigenvalue weighted by Crippen LogP contribution is 2.44. The molecule has 1 aliphatic carbocycles. The minimum absolute atomic E-state index is 0.124. The van der Waals surface area contributed by atoms with Crippen LogP contribution in [0.1, 0.15) is 27.2 Å². The monoisotopic (exact) mass is 342 g/mol. The van der Waals surface area contributed by atoms with Gasteiger partial charge in [-0.1, -0.05) is 49.8 Å². The molecule has 1 heterocycles. The molecule has 24 heavy (non-hydrogen) atoms. The van der Waals surface area contributed by atoms with Crippen LogP contribution in [-0.4, -0.2) is 41.7 Å². The fourth-order valence-electron chi connectivity index (χ4n) is 3.39. The van der Waals surface area contributed by atoms with Gasteiger partial charge < -0.3 is 9.80 Å². The van der Waals surface area contributed by atoms with Gasteiger partial charge in [0.05, 0.1) is 17.0 Å². The third-order valence-electron chi connectivity index (χ3n) is 4.81. The van der Waals surface area contributed by atoms with Gasteiger partial charge in [0, 0.05) is 17.9 Å². The van der Waals surface area contributed by atoms with E-state index >= 15 is 0 Å². The van der Waals surface area contributed by atoms with Crippen molar-refractivity contribution in [1.29, 1.82) is 0 Å². The summed E-state index contributed by atoms with van der Waals surface area (Å²) in [6.07, 6.45) is 7.22. The van der Waals surface area contributed by atoms with Crippen LogP contribution >= 0.6 is 11.8 Å². The quantitative estimate of drug-likeness (QED) is 0.804. The molecule has 2 unspecified atom stereocenters. The van der Waals surface area contributed by atoms with Crippen LogP contribution in [-0.2, 0) is 4.79 Å². The largest absolute Gasteiger partial charge is 0.303 e. The highest BCUT2D eigenvalue weighted by molar-refractivity contribution is 8.00. The topological polar surface area (TPSA) is 23.6 Å². The van der Waals surface area contributed by atoms with Crippen molar-refractivity contribution in [2.24, 2.45) is 0 Å². The van der Waals surface area contributed by atoms with Gasteiger partial charge in [0.25, 0.3) is 0 Å². The molecule has 1 aromatic carbocycles. The van der Waals surface area contributed by atoms with Gasteiger partial charge in [0.2, 0.25) is 5.91 Å². The Kier molecular flexibility index (Phi) is 5.47. The van der Waals surface area contributed by atoms with Crippen molar-refractivity contribution in [3.8, 4) is 0 Å². The van der Waals surface area contributed by atoms with Crippen LogP contribution in [0.15, 0.2) is 53.0 Å². The number of benzene rings is 1. The minimum atomic E-state index is 0.124. The Morgan fingerprint density at radius 3 is 2.75 bits per heavy atom. The van der Waals surface area contributed by atoms with Crippen molar-refractivity contribution in [3.63, 3.8) is 0 Å². The number of fused-ring (bicyclic) bond motifs is 2. The second kappa shape index (κ2) is 7.58. The van der Waals surface area contributed by atoms with Crippen molar-refractivity contribution in [2.75, 3.05) is 24.5 Å². The zero-order valence-electron chi connectivity index (χ0n) is 14.7. The number of allylic oxidation sites excluding steroid dienone is 2. The van der Waals surface area contributed by atoms with Gasteiger partial charge in [0.1, 0.15) is 0 Å². The first kappa shape index (κ1) is 17.3. The SMILES string of the molecule is CCN(CC)CCC(=O)N1c2ccccc2SC2C=CC(C)=CC21. The molecule has 0 saturated carbocycles. The molecule has 0 radical (unpaired) electrons. The molecule has 1 aliphatic heterocycles. The van der Waals surface area contributed by atoms with E-state index in [0.717, 1.165) is 25.3 Å². The van der Waals surface area contributed by atoms with Crippen molar-refractivity contribution in [3.05, 3.63) is 48.1 Å². The number of amides is 1. The molecule has 3 nitrogen and oxygen atoms in total. The zero-order chi connectivity index (χ0) is 17.1. The van der Waals surface area contributed by atoms with Gasteiger partial charge in [-0.3, -0.25) is 4.79 Å². The maximum atomic E-state index is 13.1. The fourth-order valence-corrected chi connectivity index (χ4v) is 4.62. The van der Waals surface area contributed by atoms with Gasteiger partial charge in [-0.05, 0) is 32.1 Å². The Morgan fingerprint density at radius 1 is 1.25 bits per heavy atom. The minimum Gasteiger partial charge on any atom is -0.303 e. The molecule has 0 saturated heterocycles. The summed E-state index contributed by atoms with van der Waals surface area (Å²) in [6, 6.07) is 8.41. The number of carbonyl (C=O) groups excluding carboxylic acids is 1. The number of nitrogens with zero attached hydrogens (tertiary/aromatic N) is 2. The molecule has 2 aliphatic rings. The van der Waals surface area contributed by atoms with Crippen molar-refractivity contribution in [2.45, 2.75) is 43.4 Å². The molecule has 0 aromatic heterocycles. The molecule has 0 bridgehead atoms. The van der Waals surface area contributed by atoms with Gasteiger partial charge in [-0.15, -0.1) is 11.8 Å². The van der Waals surface area contributed by atoms with E-state index in [1.165, 1.54) is 10.5 Å². The number of rotatable bonds is 5. The van der Waals surface area contributed by atoms with E-state index in [1.807, 2.05) is 22.7 Å². The van der Waals surface area contributed by atoms with Gasteiger partial charge in [0.15, 0.2) is 0 Å². The summed E-state index contributed by atoms with van der Waals surface area (Å²) < 4.78 is 0. The van der Waals surface area contributed by atoms with E-state index in [9.17, 15) is 4.79 Å². The molecular weight excluding hydrogens is 316 g/mol. The first-order valence-corrected chi connectivity index (χ1v) is 9.68. The molecule has 128 valence electrons. The fraction of sp³-hybridized carbons (Fsp3) is 0.450. The van der Waals surface area contributed by atoms with E-state index in [0.29, 0.717) is 11.7 Å². The van der Waals surface area contributed by atoms with Crippen molar-refractivity contribution in [1.82, 2.24) is 4.90 Å². The van der Waals surface area contributed by atoms with Gasteiger partial charge in [-0.2, -0.15) is 0 Å². The Hall–Kier alpha value is -1.52. The van der Waals surface area contributed by atoms with Crippen molar-refractivity contribution >= 4 is 23.4 Å². The Bertz CT molecular complexity index is 663. The van der Waals surface area contributed by atoms with E-state index in [2.05, 4.69) is 62.1 Å². The molecule has 4 heteroatoms. The average molecular weight is 343 g/mol. The summed E-state index contributed by atoms with van der Waals surface area (Å²) in [4.78, 5) is 18.6. The second-order valence-corrected chi connectivity index (χ2v) is 7.57. The lowest BCUT2D eigenvalue weighted by atomic mass is 10.00. The average Bonchev–Trinajstić information content (AvgIpc) is 2.60. The number of hydrogen-bond donors (Lipinski definition) is 0. The van der Waals surface area contributed by atoms with Gasteiger partial charge >= 0.3 is 0 Å². The van der Waals surface area contributed by atoms with Crippen LogP contribution in [0.4, 0.5) is 5.69 Å². The van der Waals surface area contributed by atoms with Crippen LogP contribution in [0, 0.1) is 0 Å². The second-order valence-electron chi connectivity index (χ2n) is 6.35. The molecular formula is C20H26N2OS. The summed E-state index contributed by atoms with van der Waals surface area (Å²) in [5.74, 6) is 0.226. The third-order valence-corrected chi connectivity index (χ3v) is 6.12. The molecule has 0 N–H and O–H groups in total. The lowest BCUT2D eigenvalue weighted by molar-refractivity contribution is -0.119. The maximum Gasteiger partial charge on any atom is 0.228 e. The molecule has 3 rings (SSSR count). The molecule has 1 aromatic rings. The summed E-state index contributed by atoms with van der Waals surface area (Å²) in [7, 11) is 0. The van der Waals surface area contributed by atoms with E-state index < -0.39 is 0 Å². The molecule has 1 amide bonds. The predicted octanol–water partition coefficient (Wildman–Crippen LogP) is 4.11. The first-order chi connectivity index (χ1) is 11.6. The summed E-state index contributed by atoms with van der Waals surface area (Å²) >= 11 is 1.86. The highest BCUT2D eigenvalue weighted by atomic mass is 32.2. The van der Waals surface area contributed by atoms with E-state index in [4.69, 9.17) is 0 Å². The Balaban J connectivity index is 1.87. The zero-order valence-corrected chi connectivity index (χ0v) is 15.6. The van der Waals surface area contributed by atoms with Crippen LogP contribution < -0.4 is 4.90 Å². The molecule has 2 atom stereocenters. The summed E-state index contributed by atoms with van der Waals surface area (Å²) in [5, 5.41) is 0.306. The Labute approximate surface area is 149 Å². The Morgan fingerprint density at radius 2 is 2.00 bits per heavy atom. The smallest absolute Gasteiger partial charge is 0.228 e. The maximum absolute atomic E-state index is 13.1. The van der Waals surface area contributed by atoms with E-state index in [-0.39, 0.29) is 11.9 Å². The standard InChI is InChI=1S/C20H26N2OS/c1-4-21(5-2)13-12-20(23)22-16-8-6-7-9-18(16)24-19-11-10-15(3)14-17(19)22/h6-11,14,17,19H,4-5,12-13H2,1-3H3. The van der Waals surface area contributed by atoms with Crippen LogP contribution in [0.25, 0.3) is 0 Å². The van der Waals surface area contributed by atoms with Crippen LogP contribution in [0.2, 0.25) is 0 Å². The molecule has 0 spiro atoms. The lowest BCUT2D eigenvalue weighted by Crippen LogP contribution is -2.48. The number of para-hydroxylation sites is 1.